The Morgan fingerprint density at radius 1 is 0.424 bits per heavy atom. The number of hydrogen-bond donors (Lipinski definition) is 8. The second kappa shape index (κ2) is 28.7. The van der Waals surface area contributed by atoms with Gasteiger partial charge in [0.1, 0.15) is 39.6 Å². The summed E-state index contributed by atoms with van der Waals surface area (Å²) in [6, 6.07) is 21.1. The van der Waals surface area contributed by atoms with Crippen LogP contribution in [0, 0.1) is 0 Å². The molecule has 5 rings (SSSR count). The van der Waals surface area contributed by atoms with Crippen LogP contribution in [0.2, 0.25) is 0 Å². The van der Waals surface area contributed by atoms with Crippen LogP contribution in [0.4, 0.5) is 4.79 Å². The van der Waals surface area contributed by atoms with Gasteiger partial charge >= 0.3 is 6.16 Å². The molecule has 1 aliphatic heterocycles. The third kappa shape index (κ3) is 19.1. The van der Waals surface area contributed by atoms with Crippen molar-refractivity contribution in [3.63, 3.8) is 0 Å². The summed E-state index contributed by atoms with van der Waals surface area (Å²) in [5.41, 5.74) is 4.17. The summed E-state index contributed by atoms with van der Waals surface area (Å²) in [6.07, 6.45) is 6.61. The average molecular weight is 829 g/mol. The van der Waals surface area contributed by atoms with Crippen LogP contribution in [0.1, 0.15) is 55.4 Å². The van der Waals surface area contributed by atoms with Crippen molar-refractivity contribution in [2.45, 2.75) is 58.8 Å². The molecule has 0 amide bonds. The maximum absolute atomic E-state index is 9.80. The summed E-state index contributed by atoms with van der Waals surface area (Å²) in [5.74, 6) is 1.84. The maximum atomic E-state index is 9.80. The number of phenols is 4. The van der Waals surface area contributed by atoms with Gasteiger partial charge in [0.25, 0.3) is 0 Å². The van der Waals surface area contributed by atoms with Crippen LogP contribution < -0.4 is 18.9 Å². The minimum absolute atomic E-state index is 0. The van der Waals surface area contributed by atoms with Crippen LogP contribution in [-0.2, 0) is 35.2 Å². The van der Waals surface area contributed by atoms with Gasteiger partial charge in [-0.15, -0.1) is 0 Å². The summed E-state index contributed by atoms with van der Waals surface area (Å²) < 4.78 is 30.7. The predicted molar refractivity (Wildman–Crippen MR) is 220 cm³/mol. The fourth-order valence-corrected chi connectivity index (χ4v) is 5.56. The molecule has 0 spiro atoms. The number of ether oxygens (including phenoxy) is 6. The van der Waals surface area contributed by atoms with Crippen LogP contribution in [0.5, 0.6) is 46.0 Å². The Morgan fingerprint density at radius 2 is 0.729 bits per heavy atom. The van der Waals surface area contributed by atoms with E-state index in [9.17, 15) is 25.2 Å². The third-order valence-corrected chi connectivity index (χ3v) is 8.38. The van der Waals surface area contributed by atoms with E-state index in [-0.39, 0.29) is 83.3 Å². The first kappa shape index (κ1) is 49.5. The molecular weight excluding hydrogens is 768 g/mol. The molecular formula is C44H60O15. The van der Waals surface area contributed by atoms with Crippen LogP contribution in [0.15, 0.2) is 72.8 Å². The van der Waals surface area contributed by atoms with E-state index in [0.717, 1.165) is 73.6 Å². The molecule has 4 aromatic carbocycles. The summed E-state index contributed by atoms with van der Waals surface area (Å²) in [4.78, 5) is 9.80. The zero-order chi connectivity index (χ0) is 42.0. The van der Waals surface area contributed by atoms with Gasteiger partial charge in [-0.3, -0.25) is 0 Å². The molecule has 1 saturated heterocycles. The van der Waals surface area contributed by atoms with E-state index in [0.29, 0.717) is 36.2 Å². The van der Waals surface area contributed by atoms with Crippen molar-refractivity contribution in [3.05, 3.63) is 95.1 Å². The molecule has 1 fully saturated rings. The number of aryl methyl sites for hydroxylation is 4. The summed E-state index contributed by atoms with van der Waals surface area (Å²) >= 11 is 0. The zero-order valence-electron chi connectivity index (χ0n) is 32.6. The lowest BCUT2D eigenvalue weighted by atomic mass is 10.0. The highest BCUT2D eigenvalue weighted by molar-refractivity contribution is 5.61. The van der Waals surface area contributed by atoms with Crippen molar-refractivity contribution < 1.29 is 74.1 Å². The van der Waals surface area contributed by atoms with Crippen LogP contribution in [0.3, 0.4) is 0 Å². The molecule has 15 nitrogen and oxygen atoms in total. The van der Waals surface area contributed by atoms with Gasteiger partial charge in [0, 0.05) is 0 Å². The quantitative estimate of drug-likeness (QED) is 0.0274. The molecule has 0 bridgehead atoms. The topological polar surface area (TPSA) is 234 Å². The summed E-state index contributed by atoms with van der Waals surface area (Å²) in [6.45, 7) is 1.22. The first-order valence-electron chi connectivity index (χ1n) is 19.2. The number of aliphatic hydroxyl groups is 4. The van der Waals surface area contributed by atoms with Crippen molar-refractivity contribution in [1.29, 1.82) is 0 Å². The second-order valence-electron chi connectivity index (χ2n) is 12.9. The van der Waals surface area contributed by atoms with Gasteiger partial charge in [0.05, 0.1) is 26.4 Å². The summed E-state index contributed by atoms with van der Waals surface area (Å²) in [7, 11) is 0. The Hall–Kier alpha value is -5.61. The van der Waals surface area contributed by atoms with Gasteiger partial charge in [-0.25, -0.2) is 4.79 Å². The molecule has 0 radical (unpaired) electrons. The number of cyclic esters (lactones) is 2. The predicted octanol–water partition coefficient (Wildman–Crippen LogP) is 5.60. The number of aliphatic hydroxyl groups excluding tert-OH is 4. The molecule has 15 heteroatoms. The number of carbonyl (C=O) groups is 1. The van der Waals surface area contributed by atoms with Crippen LogP contribution in [-0.4, -0.2) is 113 Å². The number of benzene rings is 4. The molecule has 0 atom stereocenters. The molecule has 0 saturated carbocycles. The van der Waals surface area contributed by atoms with Crippen molar-refractivity contribution in [2.75, 3.05) is 66.1 Å². The molecule has 1 heterocycles. The van der Waals surface area contributed by atoms with Gasteiger partial charge in [-0.05, 0) is 122 Å². The SMILES string of the molecule is C.O=C1OCCO1.OCCOc1ccc(CCCCc2ccc(OCCO)c(OCCO)c2)cc1OCCO.Oc1ccc(CCCCc2ccc(O)c(O)c2)cc1O. The first-order valence-corrected chi connectivity index (χ1v) is 19.2. The van der Waals surface area contributed by atoms with Crippen LogP contribution >= 0.6 is 0 Å². The van der Waals surface area contributed by atoms with E-state index in [1.165, 1.54) is 12.1 Å². The number of carbonyl (C=O) groups excluding carboxylic acids is 1. The largest absolute Gasteiger partial charge is 0.508 e. The zero-order valence-corrected chi connectivity index (χ0v) is 32.6. The smallest absolute Gasteiger partial charge is 0.504 e. The number of phenolic OH excluding ortho intramolecular Hbond substituents is 4. The average Bonchev–Trinajstić information content (AvgIpc) is 3.72. The number of unbranched alkanes of at least 4 members (excludes halogenated alkanes) is 2. The number of aromatic hydroxyl groups is 4. The fraction of sp³-hybridized carbons (Fsp3) is 0.432. The molecule has 4 aromatic rings. The van der Waals surface area contributed by atoms with Crippen molar-refractivity contribution in [1.82, 2.24) is 0 Å². The van der Waals surface area contributed by atoms with Crippen molar-refractivity contribution >= 4 is 6.16 Å². The van der Waals surface area contributed by atoms with Gasteiger partial charge in [0.15, 0.2) is 46.0 Å². The van der Waals surface area contributed by atoms with E-state index < -0.39 is 6.16 Å². The Balaban J connectivity index is 0.000000375. The Labute approximate surface area is 345 Å². The third-order valence-electron chi connectivity index (χ3n) is 8.38. The number of rotatable bonds is 22. The van der Waals surface area contributed by atoms with E-state index >= 15 is 0 Å². The molecule has 0 aliphatic carbocycles. The molecule has 326 valence electrons. The highest BCUT2D eigenvalue weighted by atomic mass is 16.8. The molecule has 59 heavy (non-hydrogen) atoms. The molecule has 1 aliphatic rings. The Bertz CT molecular complexity index is 1650. The van der Waals surface area contributed by atoms with Gasteiger partial charge in [-0.2, -0.15) is 0 Å². The molecule has 0 aromatic heterocycles. The van der Waals surface area contributed by atoms with E-state index in [2.05, 4.69) is 9.47 Å². The highest BCUT2D eigenvalue weighted by Crippen LogP contribution is 2.31. The van der Waals surface area contributed by atoms with Gasteiger partial charge in [0.2, 0.25) is 0 Å². The minimum Gasteiger partial charge on any atom is -0.504 e. The van der Waals surface area contributed by atoms with Crippen molar-refractivity contribution in [3.8, 4) is 46.0 Å². The second-order valence-corrected chi connectivity index (χ2v) is 12.9. The van der Waals surface area contributed by atoms with E-state index in [1.807, 2.05) is 36.4 Å². The standard InChI is InChI=1S/C24H34O8.C16H18O4.C3H4O3.CH4/c25-9-13-29-21-7-5-19(17-23(21)31-15-11-27)3-1-2-4-20-6-8-22(30-14-10-26)24(18-20)32-16-12-28;17-13-7-5-11(9-15(13)19)3-1-2-4-12-6-8-14(18)16(20)10-12;4-3-5-1-2-6-3;/h5-8,17-18,25-28H,1-4,9-16H2;5-10,17-20H,1-4H2;1-2H2;1H4. The monoisotopic (exact) mass is 828 g/mol. The molecule has 0 unspecified atom stereocenters. The minimum atomic E-state index is -0.546. The lowest BCUT2D eigenvalue weighted by molar-refractivity contribution is 0.131. The van der Waals surface area contributed by atoms with E-state index in [4.69, 9.17) is 39.4 Å². The Kier molecular flexibility index (Phi) is 24.1. The molecule has 8 N–H and O–H groups in total. The number of hydrogen-bond acceptors (Lipinski definition) is 15. The Morgan fingerprint density at radius 3 is 1.02 bits per heavy atom. The lowest BCUT2D eigenvalue weighted by Gasteiger charge is -2.14. The lowest BCUT2D eigenvalue weighted by Crippen LogP contribution is -2.07. The maximum Gasteiger partial charge on any atom is 0.508 e. The summed E-state index contributed by atoms with van der Waals surface area (Å²) in [5, 5.41) is 73.2. The van der Waals surface area contributed by atoms with E-state index in [1.54, 1.807) is 24.3 Å². The normalized spacial score (nSPS) is 11.4. The van der Waals surface area contributed by atoms with Crippen LogP contribution in [0.25, 0.3) is 0 Å². The fourth-order valence-electron chi connectivity index (χ4n) is 5.56. The van der Waals surface area contributed by atoms with Gasteiger partial charge < -0.3 is 69.3 Å². The van der Waals surface area contributed by atoms with Crippen molar-refractivity contribution in [2.24, 2.45) is 0 Å². The first-order chi connectivity index (χ1) is 28.2. The highest BCUT2D eigenvalue weighted by Gasteiger charge is 2.11. The van der Waals surface area contributed by atoms with Gasteiger partial charge in [-0.1, -0.05) is 31.7 Å².